The van der Waals surface area contributed by atoms with Crippen LogP contribution < -0.4 is 10.6 Å². The molecule has 96 valence electrons. The standard InChI is InChI=1S/C10H20N2O3.ClH/c1-14-5-6-15-8-10(13)12-9-3-2-4-11-7-9;/h9,11H,2-8H2,1H3,(H,12,13);1H/t9-;/m0./s1. The van der Waals surface area contributed by atoms with E-state index in [0.29, 0.717) is 13.2 Å². The summed E-state index contributed by atoms with van der Waals surface area (Å²) in [6.45, 7) is 3.03. The molecular formula is C10H21ClN2O3. The number of halogens is 1. The zero-order chi connectivity index (χ0) is 10.9. The van der Waals surface area contributed by atoms with Crippen LogP contribution in [0.15, 0.2) is 0 Å². The molecule has 6 heteroatoms. The summed E-state index contributed by atoms with van der Waals surface area (Å²) >= 11 is 0. The molecule has 0 saturated carbocycles. The highest BCUT2D eigenvalue weighted by Gasteiger charge is 2.14. The van der Waals surface area contributed by atoms with Gasteiger partial charge in [0.05, 0.1) is 13.2 Å². The molecule has 0 aromatic heterocycles. The van der Waals surface area contributed by atoms with Crippen molar-refractivity contribution in [1.29, 1.82) is 0 Å². The van der Waals surface area contributed by atoms with Crippen LogP contribution >= 0.6 is 12.4 Å². The van der Waals surface area contributed by atoms with E-state index in [1.807, 2.05) is 0 Å². The zero-order valence-electron chi connectivity index (χ0n) is 9.66. The Hall–Kier alpha value is -0.360. The first-order valence-corrected chi connectivity index (χ1v) is 5.39. The van der Waals surface area contributed by atoms with Crippen LogP contribution in [0.4, 0.5) is 0 Å². The van der Waals surface area contributed by atoms with Crippen molar-refractivity contribution in [2.45, 2.75) is 18.9 Å². The maximum atomic E-state index is 11.4. The SMILES string of the molecule is COCCOCC(=O)N[C@H]1CCCNC1.Cl. The second-order valence-electron chi connectivity index (χ2n) is 3.66. The third kappa shape index (κ3) is 7.00. The fraction of sp³-hybridized carbons (Fsp3) is 0.900. The average molecular weight is 253 g/mol. The predicted molar refractivity (Wildman–Crippen MR) is 64.0 cm³/mol. The summed E-state index contributed by atoms with van der Waals surface area (Å²) in [5.41, 5.74) is 0. The maximum absolute atomic E-state index is 11.4. The summed E-state index contributed by atoms with van der Waals surface area (Å²) in [5, 5.41) is 6.17. The number of methoxy groups -OCH3 is 1. The molecule has 1 heterocycles. The van der Waals surface area contributed by atoms with Gasteiger partial charge in [0.2, 0.25) is 5.91 Å². The number of carbonyl (C=O) groups is 1. The molecule has 1 amide bonds. The Labute approximate surface area is 103 Å². The van der Waals surface area contributed by atoms with E-state index >= 15 is 0 Å². The molecule has 0 aliphatic carbocycles. The fourth-order valence-corrected chi connectivity index (χ4v) is 1.55. The Kier molecular flexibility index (Phi) is 9.62. The average Bonchev–Trinajstić information content (AvgIpc) is 2.26. The third-order valence-electron chi connectivity index (χ3n) is 2.33. The molecule has 1 aliphatic rings. The van der Waals surface area contributed by atoms with Crippen molar-refractivity contribution in [2.75, 3.05) is 40.0 Å². The van der Waals surface area contributed by atoms with Gasteiger partial charge in [0, 0.05) is 19.7 Å². The van der Waals surface area contributed by atoms with E-state index in [1.54, 1.807) is 7.11 Å². The largest absolute Gasteiger partial charge is 0.382 e. The summed E-state index contributed by atoms with van der Waals surface area (Å²) in [6, 6.07) is 0.261. The van der Waals surface area contributed by atoms with Crippen LogP contribution in [-0.4, -0.2) is 52.0 Å². The summed E-state index contributed by atoms with van der Waals surface area (Å²) in [7, 11) is 1.61. The molecule has 2 N–H and O–H groups in total. The van der Waals surface area contributed by atoms with E-state index in [0.717, 1.165) is 25.9 Å². The van der Waals surface area contributed by atoms with Crippen molar-refractivity contribution in [1.82, 2.24) is 10.6 Å². The first-order chi connectivity index (χ1) is 7.33. The molecule has 1 aliphatic heterocycles. The number of piperidine rings is 1. The number of hydrogen-bond acceptors (Lipinski definition) is 4. The van der Waals surface area contributed by atoms with E-state index in [-0.39, 0.29) is 31.0 Å². The molecule has 1 atom stereocenters. The van der Waals surface area contributed by atoms with Gasteiger partial charge in [0.1, 0.15) is 6.61 Å². The minimum absolute atomic E-state index is 0. The molecule has 0 aromatic rings. The third-order valence-corrected chi connectivity index (χ3v) is 2.33. The number of ether oxygens (including phenoxy) is 2. The molecule has 1 saturated heterocycles. The van der Waals surface area contributed by atoms with Gasteiger partial charge < -0.3 is 20.1 Å². The van der Waals surface area contributed by atoms with Crippen molar-refractivity contribution in [3.8, 4) is 0 Å². The number of carbonyl (C=O) groups excluding carboxylic acids is 1. The molecule has 1 rings (SSSR count). The Morgan fingerprint density at radius 1 is 1.50 bits per heavy atom. The van der Waals surface area contributed by atoms with Gasteiger partial charge in [-0.2, -0.15) is 0 Å². The minimum atomic E-state index is -0.0418. The molecule has 5 nitrogen and oxygen atoms in total. The second-order valence-corrected chi connectivity index (χ2v) is 3.66. The monoisotopic (exact) mass is 252 g/mol. The van der Waals surface area contributed by atoms with Gasteiger partial charge >= 0.3 is 0 Å². The van der Waals surface area contributed by atoms with Gasteiger partial charge in [-0.25, -0.2) is 0 Å². The lowest BCUT2D eigenvalue weighted by Crippen LogP contribution is -2.46. The molecule has 0 spiro atoms. The molecular weight excluding hydrogens is 232 g/mol. The number of amides is 1. The van der Waals surface area contributed by atoms with E-state index < -0.39 is 0 Å². The van der Waals surface area contributed by atoms with Crippen LogP contribution in [0.1, 0.15) is 12.8 Å². The van der Waals surface area contributed by atoms with Crippen molar-refractivity contribution < 1.29 is 14.3 Å². The first-order valence-electron chi connectivity index (χ1n) is 5.39. The van der Waals surface area contributed by atoms with Crippen LogP contribution in [0.25, 0.3) is 0 Å². The Morgan fingerprint density at radius 3 is 2.94 bits per heavy atom. The maximum Gasteiger partial charge on any atom is 0.246 e. The van der Waals surface area contributed by atoms with Crippen LogP contribution in [-0.2, 0) is 14.3 Å². The first kappa shape index (κ1) is 15.6. The number of hydrogen-bond donors (Lipinski definition) is 2. The van der Waals surface area contributed by atoms with Gasteiger partial charge in [0.25, 0.3) is 0 Å². The molecule has 0 aromatic carbocycles. The lowest BCUT2D eigenvalue weighted by molar-refractivity contribution is -0.126. The van der Waals surface area contributed by atoms with Crippen molar-refractivity contribution in [3.63, 3.8) is 0 Å². The van der Waals surface area contributed by atoms with E-state index in [1.165, 1.54) is 0 Å². The summed E-state index contributed by atoms with van der Waals surface area (Å²) < 4.78 is 9.93. The summed E-state index contributed by atoms with van der Waals surface area (Å²) in [5.74, 6) is -0.0418. The van der Waals surface area contributed by atoms with Crippen LogP contribution in [0.5, 0.6) is 0 Å². The van der Waals surface area contributed by atoms with E-state index in [2.05, 4.69) is 10.6 Å². The Morgan fingerprint density at radius 2 is 2.31 bits per heavy atom. The van der Waals surface area contributed by atoms with Gasteiger partial charge in [-0.05, 0) is 19.4 Å². The normalized spacial score (nSPS) is 19.9. The summed E-state index contributed by atoms with van der Waals surface area (Å²) in [6.07, 6.45) is 2.17. The van der Waals surface area contributed by atoms with Crippen molar-refractivity contribution in [3.05, 3.63) is 0 Å². The second kappa shape index (κ2) is 9.84. The number of nitrogens with one attached hydrogen (secondary N) is 2. The van der Waals surface area contributed by atoms with Crippen molar-refractivity contribution >= 4 is 18.3 Å². The number of rotatable bonds is 6. The van der Waals surface area contributed by atoms with E-state index in [4.69, 9.17) is 9.47 Å². The van der Waals surface area contributed by atoms with Gasteiger partial charge in [0.15, 0.2) is 0 Å². The molecule has 1 fully saturated rings. The van der Waals surface area contributed by atoms with Crippen molar-refractivity contribution in [2.24, 2.45) is 0 Å². The van der Waals surface area contributed by atoms with E-state index in [9.17, 15) is 4.79 Å². The van der Waals surface area contributed by atoms with Crippen LogP contribution in [0.2, 0.25) is 0 Å². The molecule has 0 radical (unpaired) electrons. The highest BCUT2D eigenvalue weighted by atomic mass is 35.5. The molecule has 0 unspecified atom stereocenters. The fourth-order valence-electron chi connectivity index (χ4n) is 1.55. The summed E-state index contributed by atoms with van der Waals surface area (Å²) in [4.78, 5) is 11.4. The minimum Gasteiger partial charge on any atom is -0.382 e. The lowest BCUT2D eigenvalue weighted by atomic mass is 10.1. The van der Waals surface area contributed by atoms with Crippen LogP contribution in [0, 0.1) is 0 Å². The van der Waals surface area contributed by atoms with Gasteiger partial charge in [-0.3, -0.25) is 4.79 Å². The lowest BCUT2D eigenvalue weighted by Gasteiger charge is -2.23. The van der Waals surface area contributed by atoms with Gasteiger partial charge in [-0.15, -0.1) is 12.4 Å². The zero-order valence-corrected chi connectivity index (χ0v) is 10.5. The highest BCUT2D eigenvalue weighted by molar-refractivity contribution is 5.85. The Bertz CT molecular complexity index is 187. The highest BCUT2D eigenvalue weighted by Crippen LogP contribution is 2.00. The Balaban J connectivity index is 0.00000225. The van der Waals surface area contributed by atoms with Crippen LogP contribution in [0.3, 0.4) is 0 Å². The molecule has 16 heavy (non-hydrogen) atoms. The molecule has 0 bridgehead atoms. The quantitative estimate of drug-likeness (QED) is 0.651. The predicted octanol–water partition coefficient (Wildman–Crippen LogP) is -0.0606. The topological polar surface area (TPSA) is 59.6 Å². The van der Waals surface area contributed by atoms with Gasteiger partial charge in [-0.1, -0.05) is 0 Å². The smallest absolute Gasteiger partial charge is 0.246 e.